The normalized spacial score (nSPS) is 33.7. The highest BCUT2D eigenvalue weighted by molar-refractivity contribution is 5.05. The van der Waals surface area contributed by atoms with Crippen molar-refractivity contribution in [2.75, 3.05) is 0 Å². The van der Waals surface area contributed by atoms with Gasteiger partial charge in [-0.05, 0) is 31.6 Å². The molecule has 0 radical (unpaired) electrons. The van der Waals surface area contributed by atoms with Crippen LogP contribution in [0.1, 0.15) is 46.5 Å². The van der Waals surface area contributed by atoms with Crippen molar-refractivity contribution in [2.24, 2.45) is 5.41 Å². The van der Waals surface area contributed by atoms with E-state index in [1.807, 2.05) is 0 Å². The lowest BCUT2D eigenvalue weighted by molar-refractivity contribution is 0.276. The predicted octanol–water partition coefficient (Wildman–Crippen LogP) is 3.53. The van der Waals surface area contributed by atoms with E-state index >= 15 is 0 Å². The van der Waals surface area contributed by atoms with Gasteiger partial charge in [-0.1, -0.05) is 31.9 Å². The van der Waals surface area contributed by atoms with Crippen LogP contribution in [0.15, 0.2) is 11.6 Å². The number of hydrogen-bond acceptors (Lipinski definition) is 0. The predicted molar refractivity (Wildman–Crippen MR) is 46.0 cm³/mol. The Hall–Kier alpha value is -0.260. The Balaban J connectivity index is 2.56. The fourth-order valence-electron chi connectivity index (χ4n) is 1.44. The summed E-state index contributed by atoms with van der Waals surface area (Å²) in [7, 11) is 0. The molecular weight excluding hydrogens is 120 g/mol. The van der Waals surface area contributed by atoms with Gasteiger partial charge in [-0.2, -0.15) is 0 Å². The zero-order valence-electron chi connectivity index (χ0n) is 7.41. The summed E-state index contributed by atoms with van der Waals surface area (Å²) in [5, 5.41) is 0. The summed E-state index contributed by atoms with van der Waals surface area (Å²) in [6.45, 7) is 6.94. The summed E-state index contributed by atoms with van der Waals surface area (Å²) in [6, 6.07) is 0. The van der Waals surface area contributed by atoms with Crippen LogP contribution in [0, 0.1) is 5.41 Å². The quantitative estimate of drug-likeness (QED) is 0.486. The lowest BCUT2D eigenvalue weighted by Gasteiger charge is -2.30. The zero-order valence-corrected chi connectivity index (χ0v) is 7.41. The minimum absolute atomic E-state index is 0.625. The number of allylic oxidation sites excluding steroid dienone is 2. The highest BCUT2D eigenvalue weighted by Gasteiger charge is 2.23. The van der Waals surface area contributed by atoms with Gasteiger partial charge in [-0.15, -0.1) is 0 Å². The molecule has 58 valence electrons. The molecule has 0 heteroatoms. The molecule has 0 aromatic carbocycles. The van der Waals surface area contributed by atoms with Crippen molar-refractivity contribution < 1.29 is 0 Å². The Bertz CT molecular complexity index is 144. The van der Waals surface area contributed by atoms with E-state index in [2.05, 4.69) is 26.8 Å². The van der Waals surface area contributed by atoms with E-state index in [4.69, 9.17) is 0 Å². The summed E-state index contributed by atoms with van der Waals surface area (Å²) in [5.74, 6) is 0. The van der Waals surface area contributed by atoms with Crippen LogP contribution in [0.4, 0.5) is 0 Å². The summed E-state index contributed by atoms with van der Waals surface area (Å²) < 4.78 is 0. The molecule has 10 heavy (non-hydrogen) atoms. The van der Waals surface area contributed by atoms with Gasteiger partial charge in [0, 0.05) is 0 Å². The van der Waals surface area contributed by atoms with E-state index in [0.29, 0.717) is 5.41 Å². The van der Waals surface area contributed by atoms with E-state index in [9.17, 15) is 0 Å². The molecule has 0 fully saturated rings. The molecule has 1 unspecified atom stereocenters. The van der Waals surface area contributed by atoms with Gasteiger partial charge in [0.2, 0.25) is 0 Å². The average Bonchev–Trinajstić information content (AvgIpc) is 1.96. The molecule has 0 bridgehead atoms. The van der Waals surface area contributed by atoms with Gasteiger partial charge in [0.1, 0.15) is 0 Å². The SMILES string of the molecule is CCC1(C)CC=C(C)CC1. The van der Waals surface area contributed by atoms with Gasteiger partial charge in [0.15, 0.2) is 0 Å². The van der Waals surface area contributed by atoms with Crippen LogP contribution in [0.25, 0.3) is 0 Å². The summed E-state index contributed by atoms with van der Waals surface area (Å²) >= 11 is 0. The highest BCUT2D eigenvalue weighted by atomic mass is 14.3. The monoisotopic (exact) mass is 138 g/mol. The smallest absolute Gasteiger partial charge is 0.0291 e. The molecule has 0 amide bonds. The molecule has 0 spiro atoms. The van der Waals surface area contributed by atoms with Crippen molar-refractivity contribution >= 4 is 0 Å². The first-order chi connectivity index (χ1) is 4.66. The second-order valence-corrected chi connectivity index (χ2v) is 3.92. The average molecular weight is 138 g/mol. The third-order valence-electron chi connectivity index (χ3n) is 2.92. The lowest BCUT2D eigenvalue weighted by Crippen LogP contribution is -2.17. The maximum Gasteiger partial charge on any atom is -0.0291 e. The van der Waals surface area contributed by atoms with E-state index in [0.717, 1.165) is 0 Å². The van der Waals surface area contributed by atoms with Gasteiger partial charge >= 0.3 is 0 Å². The van der Waals surface area contributed by atoms with E-state index in [-0.39, 0.29) is 0 Å². The molecule has 0 N–H and O–H groups in total. The van der Waals surface area contributed by atoms with Gasteiger partial charge in [-0.3, -0.25) is 0 Å². The molecule has 1 rings (SSSR count). The van der Waals surface area contributed by atoms with Crippen molar-refractivity contribution in [1.29, 1.82) is 0 Å². The molecule has 0 saturated carbocycles. The van der Waals surface area contributed by atoms with Crippen LogP contribution in [-0.2, 0) is 0 Å². The molecule has 0 aromatic rings. The van der Waals surface area contributed by atoms with E-state index in [1.54, 1.807) is 5.57 Å². The molecule has 0 aromatic heterocycles. The van der Waals surface area contributed by atoms with Gasteiger partial charge in [0.25, 0.3) is 0 Å². The molecule has 0 saturated heterocycles. The maximum atomic E-state index is 2.41. The van der Waals surface area contributed by atoms with Crippen LogP contribution in [0.5, 0.6) is 0 Å². The maximum absolute atomic E-state index is 2.41. The van der Waals surface area contributed by atoms with Crippen molar-refractivity contribution in [2.45, 2.75) is 46.5 Å². The topological polar surface area (TPSA) is 0 Å². The van der Waals surface area contributed by atoms with Crippen molar-refractivity contribution in [3.63, 3.8) is 0 Å². The second kappa shape index (κ2) is 2.77. The van der Waals surface area contributed by atoms with Crippen LogP contribution in [0.2, 0.25) is 0 Å². The minimum Gasteiger partial charge on any atom is -0.0851 e. The summed E-state index contributed by atoms with van der Waals surface area (Å²) in [6.07, 6.45) is 7.76. The second-order valence-electron chi connectivity index (χ2n) is 3.92. The number of rotatable bonds is 1. The van der Waals surface area contributed by atoms with Crippen LogP contribution in [0.3, 0.4) is 0 Å². The first-order valence-corrected chi connectivity index (χ1v) is 4.32. The van der Waals surface area contributed by atoms with Gasteiger partial charge in [-0.25, -0.2) is 0 Å². The zero-order chi connectivity index (χ0) is 7.61. The summed E-state index contributed by atoms with van der Waals surface area (Å²) in [5.41, 5.74) is 2.21. The van der Waals surface area contributed by atoms with Crippen LogP contribution in [-0.4, -0.2) is 0 Å². The van der Waals surface area contributed by atoms with Gasteiger partial charge < -0.3 is 0 Å². The molecule has 1 aliphatic carbocycles. The van der Waals surface area contributed by atoms with Crippen molar-refractivity contribution in [3.8, 4) is 0 Å². The molecule has 1 aliphatic rings. The molecule has 0 aliphatic heterocycles. The fraction of sp³-hybridized carbons (Fsp3) is 0.800. The molecule has 0 heterocycles. The van der Waals surface area contributed by atoms with E-state index in [1.165, 1.54) is 25.7 Å². The molecule has 1 atom stereocenters. The van der Waals surface area contributed by atoms with Crippen molar-refractivity contribution in [3.05, 3.63) is 11.6 Å². The van der Waals surface area contributed by atoms with Crippen LogP contribution >= 0.6 is 0 Å². The molecule has 0 nitrogen and oxygen atoms in total. The Morgan fingerprint density at radius 2 is 2.30 bits per heavy atom. The number of hydrogen-bond donors (Lipinski definition) is 0. The first kappa shape index (κ1) is 7.84. The largest absolute Gasteiger partial charge is 0.0851 e. The molecular formula is C10H18. The first-order valence-electron chi connectivity index (χ1n) is 4.32. The van der Waals surface area contributed by atoms with Crippen LogP contribution < -0.4 is 0 Å². The third kappa shape index (κ3) is 1.62. The van der Waals surface area contributed by atoms with Crippen molar-refractivity contribution in [1.82, 2.24) is 0 Å². The Kier molecular flexibility index (Phi) is 2.18. The third-order valence-corrected chi connectivity index (χ3v) is 2.92. The minimum atomic E-state index is 0.625. The fourth-order valence-corrected chi connectivity index (χ4v) is 1.44. The highest BCUT2D eigenvalue weighted by Crippen LogP contribution is 2.37. The Labute approximate surface area is 64.3 Å². The van der Waals surface area contributed by atoms with E-state index < -0.39 is 0 Å². The lowest BCUT2D eigenvalue weighted by atomic mass is 9.75. The Morgan fingerprint density at radius 3 is 2.70 bits per heavy atom. The van der Waals surface area contributed by atoms with Gasteiger partial charge in [0.05, 0.1) is 0 Å². The Morgan fingerprint density at radius 1 is 1.60 bits per heavy atom. The summed E-state index contributed by atoms with van der Waals surface area (Å²) in [4.78, 5) is 0. The standard InChI is InChI=1S/C10H18/c1-4-10(3)7-5-9(2)6-8-10/h5H,4,6-8H2,1-3H3.